The molecule has 1 unspecified atom stereocenters. The molecule has 0 aromatic carbocycles. The fourth-order valence-corrected chi connectivity index (χ4v) is 2.48. The smallest absolute Gasteiger partial charge is 0.302 e. The van der Waals surface area contributed by atoms with Crippen molar-refractivity contribution in [3.63, 3.8) is 0 Å². The molecule has 0 bridgehead atoms. The summed E-state index contributed by atoms with van der Waals surface area (Å²) in [5.41, 5.74) is 0. The number of carbonyl (C=O) groups excluding carboxylic acids is 1. The van der Waals surface area contributed by atoms with E-state index in [-0.39, 0.29) is 12.1 Å². The largest absolute Gasteiger partial charge is 0.463 e. The molecule has 0 spiro atoms. The topological polar surface area (TPSA) is 26.3 Å². The first-order valence-corrected chi connectivity index (χ1v) is 8.82. The number of hydrogen-bond acceptors (Lipinski definition) is 2. The average molecular weight is 306 g/mol. The van der Waals surface area contributed by atoms with E-state index in [2.05, 4.69) is 25.7 Å². The number of unbranched alkanes of at least 4 members (excludes halogenated alkanes) is 6. The first kappa shape index (κ1) is 20.7. The molecule has 2 heteroatoms. The van der Waals surface area contributed by atoms with Crippen LogP contribution in [0.25, 0.3) is 0 Å². The van der Waals surface area contributed by atoms with E-state index in [1.54, 1.807) is 6.08 Å². The fourth-order valence-electron chi connectivity index (χ4n) is 2.48. The summed E-state index contributed by atoms with van der Waals surface area (Å²) in [6.07, 6.45) is 22.0. The summed E-state index contributed by atoms with van der Waals surface area (Å²) < 4.78 is 5.33. The Labute approximate surface area is 137 Å². The van der Waals surface area contributed by atoms with Gasteiger partial charge in [-0.3, -0.25) is 4.79 Å². The molecule has 0 heterocycles. The van der Waals surface area contributed by atoms with Gasteiger partial charge < -0.3 is 4.74 Å². The standard InChI is InChI=1S/C20H34O2/c1-4-6-7-8-9-10-11-12-13-14-15-16-18-20(17-5-2)22-19(3)21/h4,6-9,20H,1,5,10-18H2,2-3H3. The normalized spacial score (nSPS) is 12.8. The van der Waals surface area contributed by atoms with E-state index in [1.807, 2.05) is 12.2 Å². The number of carbonyl (C=O) groups is 1. The highest BCUT2D eigenvalue weighted by Gasteiger charge is 2.10. The van der Waals surface area contributed by atoms with Gasteiger partial charge in [0.15, 0.2) is 0 Å². The van der Waals surface area contributed by atoms with Gasteiger partial charge >= 0.3 is 5.97 Å². The second-order valence-electron chi connectivity index (χ2n) is 5.77. The zero-order valence-corrected chi connectivity index (χ0v) is 14.6. The van der Waals surface area contributed by atoms with Gasteiger partial charge in [0.25, 0.3) is 0 Å². The number of hydrogen-bond donors (Lipinski definition) is 0. The molecule has 0 N–H and O–H groups in total. The Morgan fingerprint density at radius 3 is 2.32 bits per heavy atom. The zero-order valence-electron chi connectivity index (χ0n) is 14.6. The highest BCUT2D eigenvalue weighted by Crippen LogP contribution is 2.14. The Hall–Kier alpha value is -1.31. The summed E-state index contributed by atoms with van der Waals surface area (Å²) >= 11 is 0. The van der Waals surface area contributed by atoms with Crippen LogP contribution in [-0.4, -0.2) is 12.1 Å². The van der Waals surface area contributed by atoms with Crippen LogP contribution in [0.4, 0.5) is 0 Å². The van der Waals surface area contributed by atoms with E-state index in [1.165, 1.54) is 45.4 Å². The molecule has 0 aliphatic carbocycles. The molecule has 0 aliphatic rings. The van der Waals surface area contributed by atoms with E-state index < -0.39 is 0 Å². The minimum absolute atomic E-state index is 0.135. The molecule has 0 rings (SSSR count). The molecule has 0 aromatic rings. The Kier molecular flexibility index (Phi) is 15.1. The maximum Gasteiger partial charge on any atom is 0.302 e. The van der Waals surface area contributed by atoms with Crippen LogP contribution in [0.1, 0.15) is 78.1 Å². The summed E-state index contributed by atoms with van der Waals surface area (Å²) in [4.78, 5) is 11.0. The molecule has 126 valence electrons. The van der Waals surface area contributed by atoms with E-state index in [0.717, 1.165) is 25.7 Å². The monoisotopic (exact) mass is 306 g/mol. The third-order valence-electron chi connectivity index (χ3n) is 3.58. The van der Waals surface area contributed by atoms with Crippen molar-refractivity contribution in [2.45, 2.75) is 84.2 Å². The van der Waals surface area contributed by atoms with Crippen LogP contribution in [0.15, 0.2) is 37.0 Å². The fraction of sp³-hybridized carbons (Fsp3) is 0.650. The average Bonchev–Trinajstić information content (AvgIpc) is 2.48. The van der Waals surface area contributed by atoms with Crippen molar-refractivity contribution in [3.05, 3.63) is 37.0 Å². The van der Waals surface area contributed by atoms with Gasteiger partial charge in [-0.2, -0.15) is 0 Å². The predicted octanol–water partition coefficient (Wildman–Crippen LogP) is 6.14. The van der Waals surface area contributed by atoms with Gasteiger partial charge in [0.05, 0.1) is 0 Å². The number of allylic oxidation sites excluding steroid dienone is 5. The molecule has 0 amide bonds. The highest BCUT2D eigenvalue weighted by atomic mass is 16.5. The minimum Gasteiger partial charge on any atom is -0.463 e. The Balaban J connectivity index is 3.44. The predicted molar refractivity (Wildman–Crippen MR) is 95.9 cm³/mol. The third kappa shape index (κ3) is 15.1. The van der Waals surface area contributed by atoms with Crippen molar-refractivity contribution in [1.82, 2.24) is 0 Å². The molecule has 0 saturated carbocycles. The van der Waals surface area contributed by atoms with Crippen LogP contribution >= 0.6 is 0 Å². The summed E-state index contributed by atoms with van der Waals surface area (Å²) in [5, 5.41) is 0. The molecule has 1 atom stereocenters. The van der Waals surface area contributed by atoms with Crippen LogP contribution in [0.2, 0.25) is 0 Å². The Morgan fingerprint density at radius 1 is 1.00 bits per heavy atom. The lowest BCUT2D eigenvalue weighted by atomic mass is 10.0. The summed E-state index contributed by atoms with van der Waals surface area (Å²) in [7, 11) is 0. The molecular formula is C20H34O2. The molecule has 0 aromatic heterocycles. The van der Waals surface area contributed by atoms with Gasteiger partial charge in [-0.15, -0.1) is 0 Å². The van der Waals surface area contributed by atoms with Crippen molar-refractivity contribution in [1.29, 1.82) is 0 Å². The highest BCUT2D eigenvalue weighted by molar-refractivity contribution is 5.66. The lowest BCUT2D eigenvalue weighted by Gasteiger charge is -2.15. The summed E-state index contributed by atoms with van der Waals surface area (Å²) in [6, 6.07) is 0. The molecule has 0 saturated heterocycles. The van der Waals surface area contributed by atoms with Crippen LogP contribution in [0.5, 0.6) is 0 Å². The van der Waals surface area contributed by atoms with E-state index >= 15 is 0 Å². The van der Waals surface area contributed by atoms with Crippen LogP contribution in [0.3, 0.4) is 0 Å². The van der Waals surface area contributed by atoms with Crippen LogP contribution in [0, 0.1) is 0 Å². The summed E-state index contributed by atoms with van der Waals surface area (Å²) in [6.45, 7) is 7.27. The van der Waals surface area contributed by atoms with Crippen LogP contribution < -0.4 is 0 Å². The van der Waals surface area contributed by atoms with Gasteiger partial charge in [0.2, 0.25) is 0 Å². The quantitative estimate of drug-likeness (QED) is 0.219. The van der Waals surface area contributed by atoms with Gasteiger partial charge in [0, 0.05) is 6.92 Å². The molecule has 0 fully saturated rings. The van der Waals surface area contributed by atoms with Crippen molar-refractivity contribution in [2.75, 3.05) is 0 Å². The number of ether oxygens (including phenoxy) is 1. The van der Waals surface area contributed by atoms with Crippen molar-refractivity contribution >= 4 is 5.97 Å². The Morgan fingerprint density at radius 2 is 1.68 bits per heavy atom. The second kappa shape index (κ2) is 16.1. The number of esters is 1. The third-order valence-corrected chi connectivity index (χ3v) is 3.58. The SMILES string of the molecule is C=CC=CC=CCCCCCCCCC(CCC)OC(C)=O. The molecule has 2 nitrogen and oxygen atoms in total. The minimum atomic E-state index is -0.144. The van der Waals surface area contributed by atoms with E-state index in [0.29, 0.717) is 0 Å². The van der Waals surface area contributed by atoms with Crippen molar-refractivity contribution < 1.29 is 9.53 Å². The first-order chi connectivity index (χ1) is 10.7. The van der Waals surface area contributed by atoms with Crippen molar-refractivity contribution in [2.24, 2.45) is 0 Å². The molecule has 0 radical (unpaired) electrons. The lowest BCUT2D eigenvalue weighted by Crippen LogP contribution is -2.15. The van der Waals surface area contributed by atoms with E-state index in [4.69, 9.17) is 4.74 Å². The van der Waals surface area contributed by atoms with Crippen molar-refractivity contribution in [3.8, 4) is 0 Å². The first-order valence-electron chi connectivity index (χ1n) is 8.82. The van der Waals surface area contributed by atoms with Gasteiger partial charge in [-0.25, -0.2) is 0 Å². The summed E-state index contributed by atoms with van der Waals surface area (Å²) in [5.74, 6) is -0.144. The maximum atomic E-state index is 11.0. The maximum absolute atomic E-state index is 11.0. The molecular weight excluding hydrogens is 272 g/mol. The lowest BCUT2D eigenvalue weighted by molar-refractivity contribution is -0.147. The van der Waals surface area contributed by atoms with Gasteiger partial charge in [-0.05, 0) is 32.1 Å². The molecule has 22 heavy (non-hydrogen) atoms. The van der Waals surface area contributed by atoms with Gasteiger partial charge in [-0.1, -0.05) is 76.0 Å². The number of rotatable bonds is 14. The van der Waals surface area contributed by atoms with E-state index in [9.17, 15) is 4.79 Å². The van der Waals surface area contributed by atoms with Gasteiger partial charge in [0.1, 0.15) is 6.10 Å². The second-order valence-corrected chi connectivity index (χ2v) is 5.77. The molecule has 0 aliphatic heterocycles. The zero-order chi connectivity index (χ0) is 16.5. The van der Waals surface area contributed by atoms with Crippen LogP contribution in [-0.2, 0) is 9.53 Å². The Bertz CT molecular complexity index is 329.